The maximum Gasteiger partial charge on any atom is 0.272 e. The number of halogens is 1. The number of hydrogen-bond donors (Lipinski definition) is 0. The number of carbonyl (C=O) groups is 2. The van der Waals surface area contributed by atoms with Crippen LogP contribution in [-0.4, -0.2) is 18.9 Å². The monoisotopic (exact) mass is 453 g/mol. The average Bonchev–Trinajstić information content (AvgIpc) is 3.33. The van der Waals surface area contributed by atoms with Crippen LogP contribution in [0.25, 0.3) is 5.57 Å². The number of rotatable bonds is 6. The van der Waals surface area contributed by atoms with Crippen LogP contribution in [0.2, 0.25) is 5.02 Å². The van der Waals surface area contributed by atoms with Crippen LogP contribution in [0.1, 0.15) is 22.5 Å². The fraction of sp³-hybridized carbons (Fsp3) is 0.167. The van der Waals surface area contributed by atoms with Gasteiger partial charge in [0.1, 0.15) is 11.5 Å². The molecule has 1 aliphatic heterocycles. The lowest BCUT2D eigenvalue weighted by Gasteiger charge is -2.16. The summed E-state index contributed by atoms with van der Waals surface area (Å²) in [6.45, 7) is 3.93. The lowest BCUT2D eigenvalue weighted by atomic mass is 9.99. The first-order chi connectivity index (χ1) is 14.9. The summed E-state index contributed by atoms with van der Waals surface area (Å²) in [5.41, 5.74) is 3.56. The molecular formula is C24H20ClNO4S. The Labute approximate surface area is 189 Å². The molecule has 0 saturated carbocycles. The molecule has 7 heteroatoms. The topological polar surface area (TPSA) is 59.8 Å². The summed E-state index contributed by atoms with van der Waals surface area (Å²) in [6, 6.07) is 14.3. The quantitative estimate of drug-likeness (QED) is 0.443. The fourth-order valence-electron chi connectivity index (χ4n) is 3.54. The highest BCUT2D eigenvalue weighted by molar-refractivity contribution is 8.03. The van der Waals surface area contributed by atoms with Crippen LogP contribution in [0.4, 0.5) is 5.69 Å². The third kappa shape index (κ3) is 4.01. The molecule has 0 unspecified atom stereocenters. The summed E-state index contributed by atoms with van der Waals surface area (Å²) in [6.07, 6.45) is 1.59. The molecule has 0 bridgehead atoms. The maximum absolute atomic E-state index is 13.5. The Morgan fingerprint density at radius 3 is 2.52 bits per heavy atom. The van der Waals surface area contributed by atoms with E-state index in [0.29, 0.717) is 32.7 Å². The third-order valence-electron chi connectivity index (χ3n) is 5.03. The van der Waals surface area contributed by atoms with Crippen molar-refractivity contribution in [3.63, 3.8) is 0 Å². The van der Waals surface area contributed by atoms with Gasteiger partial charge >= 0.3 is 0 Å². The predicted octanol–water partition coefficient (Wildman–Crippen LogP) is 5.78. The maximum atomic E-state index is 13.5. The number of ether oxygens (including phenoxy) is 1. The molecule has 158 valence electrons. The number of methoxy groups -OCH3 is 1. The number of imide groups is 1. The summed E-state index contributed by atoms with van der Waals surface area (Å²) < 4.78 is 10.6. The van der Waals surface area contributed by atoms with Gasteiger partial charge in [0.2, 0.25) is 0 Å². The van der Waals surface area contributed by atoms with Crippen molar-refractivity contribution in [2.75, 3.05) is 12.0 Å². The van der Waals surface area contributed by atoms with E-state index in [1.165, 1.54) is 23.8 Å². The molecule has 0 aliphatic carbocycles. The second kappa shape index (κ2) is 8.65. The number of benzene rings is 2. The van der Waals surface area contributed by atoms with E-state index in [-0.39, 0.29) is 11.8 Å². The van der Waals surface area contributed by atoms with Crippen LogP contribution in [-0.2, 0) is 15.3 Å². The molecule has 0 atom stereocenters. The number of thioether (sulfide) groups is 1. The van der Waals surface area contributed by atoms with Crippen LogP contribution < -0.4 is 9.64 Å². The number of aryl methyl sites for hydroxylation is 2. The lowest BCUT2D eigenvalue weighted by molar-refractivity contribution is -0.119. The molecule has 1 aromatic heterocycles. The highest BCUT2D eigenvalue weighted by atomic mass is 35.5. The number of amides is 2. The Hall–Kier alpha value is -2.96. The predicted molar refractivity (Wildman–Crippen MR) is 123 cm³/mol. The SMILES string of the molecule is COc1ccc(N2C(=O)C(SCc3ccco3)=C(c3ccc(C)cc3C)C2=O)cc1Cl. The van der Waals surface area contributed by atoms with Gasteiger partial charge < -0.3 is 9.15 Å². The average molecular weight is 454 g/mol. The minimum Gasteiger partial charge on any atom is -0.495 e. The molecule has 2 heterocycles. The molecule has 31 heavy (non-hydrogen) atoms. The van der Waals surface area contributed by atoms with Crippen molar-refractivity contribution in [3.05, 3.63) is 87.2 Å². The van der Waals surface area contributed by atoms with E-state index in [2.05, 4.69) is 0 Å². The van der Waals surface area contributed by atoms with Crippen molar-refractivity contribution in [3.8, 4) is 5.75 Å². The normalized spacial score (nSPS) is 14.0. The molecule has 3 aromatic rings. The summed E-state index contributed by atoms with van der Waals surface area (Å²) in [5.74, 6) is 0.883. The van der Waals surface area contributed by atoms with Gasteiger partial charge in [0, 0.05) is 0 Å². The van der Waals surface area contributed by atoms with Gasteiger partial charge in [-0.15, -0.1) is 11.8 Å². The van der Waals surface area contributed by atoms with Gasteiger partial charge in [-0.3, -0.25) is 9.59 Å². The first-order valence-corrected chi connectivity index (χ1v) is 11.0. The Morgan fingerprint density at radius 2 is 1.87 bits per heavy atom. The Balaban J connectivity index is 1.78. The van der Waals surface area contributed by atoms with E-state index < -0.39 is 0 Å². The van der Waals surface area contributed by atoms with Crippen LogP contribution in [0.15, 0.2) is 64.1 Å². The fourth-order valence-corrected chi connectivity index (χ4v) is 4.80. The van der Waals surface area contributed by atoms with Crippen molar-refractivity contribution < 1.29 is 18.7 Å². The summed E-state index contributed by atoms with van der Waals surface area (Å²) in [7, 11) is 1.51. The standard InChI is InChI=1S/C24H20ClNO4S/c1-14-6-8-18(15(2)11-14)21-22(31-13-17-5-4-10-30-17)24(28)26(23(21)27)16-7-9-20(29-3)19(25)12-16/h4-12H,13H2,1-3H3. The number of hydrogen-bond acceptors (Lipinski definition) is 5. The van der Waals surface area contributed by atoms with Gasteiger partial charge in [0.05, 0.1) is 40.3 Å². The van der Waals surface area contributed by atoms with E-state index >= 15 is 0 Å². The molecule has 1 aliphatic rings. The van der Waals surface area contributed by atoms with Crippen molar-refractivity contribution in [1.29, 1.82) is 0 Å². The number of carbonyl (C=O) groups excluding carboxylic acids is 2. The largest absolute Gasteiger partial charge is 0.495 e. The molecule has 2 amide bonds. The number of furan rings is 1. The van der Waals surface area contributed by atoms with Crippen LogP contribution in [0.5, 0.6) is 5.75 Å². The van der Waals surface area contributed by atoms with Crippen molar-refractivity contribution >= 4 is 46.4 Å². The second-order valence-corrected chi connectivity index (χ2v) is 8.55. The Kier molecular flexibility index (Phi) is 5.94. The van der Waals surface area contributed by atoms with E-state index in [0.717, 1.165) is 22.5 Å². The molecule has 5 nitrogen and oxygen atoms in total. The summed E-state index contributed by atoms with van der Waals surface area (Å²) in [4.78, 5) is 28.5. The highest BCUT2D eigenvalue weighted by Gasteiger charge is 2.41. The molecule has 0 radical (unpaired) electrons. The molecule has 0 N–H and O–H groups in total. The van der Waals surface area contributed by atoms with Gasteiger partial charge in [-0.05, 0) is 55.3 Å². The van der Waals surface area contributed by atoms with E-state index in [4.69, 9.17) is 20.8 Å². The van der Waals surface area contributed by atoms with Gasteiger partial charge in [-0.2, -0.15) is 0 Å². The first kappa shape index (κ1) is 21.3. The van der Waals surface area contributed by atoms with Crippen molar-refractivity contribution in [2.45, 2.75) is 19.6 Å². The second-order valence-electron chi connectivity index (χ2n) is 7.16. The van der Waals surface area contributed by atoms with Gasteiger partial charge in [-0.1, -0.05) is 35.4 Å². The Bertz CT molecular complexity index is 1200. The zero-order chi connectivity index (χ0) is 22.1. The third-order valence-corrected chi connectivity index (χ3v) is 6.42. The molecular weight excluding hydrogens is 434 g/mol. The minimum atomic E-state index is -0.377. The Morgan fingerprint density at radius 1 is 1.06 bits per heavy atom. The number of anilines is 1. The molecule has 0 spiro atoms. The lowest BCUT2D eigenvalue weighted by Crippen LogP contribution is -2.31. The zero-order valence-electron chi connectivity index (χ0n) is 17.3. The smallest absolute Gasteiger partial charge is 0.272 e. The summed E-state index contributed by atoms with van der Waals surface area (Å²) in [5, 5.41) is 0.324. The molecule has 0 fully saturated rings. The van der Waals surface area contributed by atoms with E-state index in [9.17, 15) is 9.59 Å². The van der Waals surface area contributed by atoms with Crippen LogP contribution in [0, 0.1) is 13.8 Å². The van der Waals surface area contributed by atoms with E-state index in [1.54, 1.807) is 30.5 Å². The van der Waals surface area contributed by atoms with E-state index in [1.807, 2.05) is 38.1 Å². The van der Waals surface area contributed by atoms with Gasteiger partial charge in [0.15, 0.2) is 0 Å². The zero-order valence-corrected chi connectivity index (χ0v) is 18.8. The molecule has 4 rings (SSSR count). The first-order valence-electron chi connectivity index (χ1n) is 9.60. The van der Waals surface area contributed by atoms with Gasteiger partial charge in [0.25, 0.3) is 11.8 Å². The van der Waals surface area contributed by atoms with Crippen LogP contribution >= 0.6 is 23.4 Å². The minimum absolute atomic E-state index is 0.324. The molecule has 0 saturated heterocycles. The summed E-state index contributed by atoms with van der Waals surface area (Å²) >= 11 is 7.55. The van der Waals surface area contributed by atoms with Crippen molar-refractivity contribution in [1.82, 2.24) is 0 Å². The molecule has 2 aromatic carbocycles. The highest BCUT2D eigenvalue weighted by Crippen LogP contribution is 2.41. The van der Waals surface area contributed by atoms with Crippen LogP contribution in [0.3, 0.4) is 0 Å². The van der Waals surface area contributed by atoms with Gasteiger partial charge in [-0.25, -0.2) is 4.90 Å². The number of nitrogens with zero attached hydrogens (tertiary/aromatic N) is 1. The van der Waals surface area contributed by atoms with Crippen molar-refractivity contribution in [2.24, 2.45) is 0 Å².